The first-order valence-electron chi connectivity index (χ1n) is 13.0. The quantitative estimate of drug-likeness (QED) is 0.165. The van der Waals surface area contributed by atoms with Gasteiger partial charge in [0.1, 0.15) is 5.75 Å². The van der Waals surface area contributed by atoms with E-state index < -0.39 is 23.4 Å². The van der Waals surface area contributed by atoms with Crippen molar-refractivity contribution in [3.05, 3.63) is 83.2 Å². The first-order valence-corrected chi connectivity index (χ1v) is 13.0. The lowest BCUT2D eigenvalue weighted by atomic mass is 9.78. The molecule has 0 bridgehead atoms. The second-order valence-corrected chi connectivity index (χ2v) is 9.75. The van der Waals surface area contributed by atoms with Crippen molar-refractivity contribution < 1.29 is 27.4 Å². The lowest BCUT2D eigenvalue weighted by Gasteiger charge is -2.28. The van der Waals surface area contributed by atoms with Crippen LogP contribution in [0.4, 0.5) is 13.2 Å². The molecule has 196 valence electrons. The Bertz CT molecular complexity index is 1220. The van der Waals surface area contributed by atoms with E-state index in [1.165, 1.54) is 31.2 Å². The van der Waals surface area contributed by atoms with E-state index in [-0.39, 0.29) is 28.9 Å². The maximum absolute atomic E-state index is 15.1. The molecule has 3 aromatic rings. The summed E-state index contributed by atoms with van der Waals surface area (Å²) in [6.45, 7) is 2.16. The zero-order valence-electron chi connectivity index (χ0n) is 21.4. The van der Waals surface area contributed by atoms with E-state index in [0.717, 1.165) is 25.3 Å². The SMILES string of the molecule is CCCCCc1ccc(-c2ccc(C3CCC(C(=O)Oc4ccc(OC)c(F)c4)CC3)c(F)c2F)cc1. The standard InChI is InChI=1S/C31H33F3O3/c1-3-4-5-6-20-7-9-21(10-8-20)25-16-17-26(30(34)29(25)33)22-11-13-23(14-12-22)31(35)37-24-15-18-28(36-2)27(32)19-24/h7-10,15-19,22-23H,3-6,11-14H2,1-2H3. The maximum atomic E-state index is 15.1. The third-order valence-electron chi connectivity index (χ3n) is 7.29. The van der Waals surface area contributed by atoms with Gasteiger partial charge in [0.2, 0.25) is 0 Å². The van der Waals surface area contributed by atoms with Crippen molar-refractivity contribution in [2.45, 2.75) is 64.2 Å². The minimum absolute atomic E-state index is 0.0695. The topological polar surface area (TPSA) is 35.5 Å². The molecule has 0 spiro atoms. The third kappa shape index (κ3) is 6.35. The molecule has 6 heteroatoms. The van der Waals surface area contributed by atoms with E-state index in [4.69, 9.17) is 9.47 Å². The minimum atomic E-state index is -0.834. The number of benzene rings is 3. The average molecular weight is 511 g/mol. The molecule has 0 amide bonds. The molecule has 0 heterocycles. The Kier molecular flexibility index (Phi) is 8.91. The van der Waals surface area contributed by atoms with E-state index in [1.807, 2.05) is 24.3 Å². The molecular weight excluding hydrogens is 477 g/mol. The summed E-state index contributed by atoms with van der Waals surface area (Å²) in [5, 5.41) is 0. The summed E-state index contributed by atoms with van der Waals surface area (Å²) in [5.41, 5.74) is 2.46. The van der Waals surface area contributed by atoms with E-state index in [9.17, 15) is 9.18 Å². The lowest BCUT2D eigenvalue weighted by Crippen LogP contribution is -2.25. The molecule has 1 aliphatic carbocycles. The number of carbonyl (C=O) groups excluding carboxylic acids is 1. The van der Waals surface area contributed by atoms with Crippen molar-refractivity contribution in [1.29, 1.82) is 0 Å². The monoisotopic (exact) mass is 510 g/mol. The molecule has 0 unspecified atom stereocenters. The third-order valence-corrected chi connectivity index (χ3v) is 7.29. The Morgan fingerprint density at radius 2 is 1.62 bits per heavy atom. The van der Waals surface area contributed by atoms with Crippen LogP contribution >= 0.6 is 0 Å². The van der Waals surface area contributed by atoms with Crippen LogP contribution in [0.2, 0.25) is 0 Å². The number of carbonyl (C=O) groups is 1. The fraction of sp³-hybridized carbons (Fsp3) is 0.387. The first kappa shape index (κ1) is 26.8. The number of rotatable bonds is 9. The molecule has 0 radical (unpaired) electrons. The van der Waals surface area contributed by atoms with Gasteiger partial charge < -0.3 is 9.47 Å². The number of ether oxygens (including phenoxy) is 2. The predicted octanol–water partition coefficient (Wildman–Crippen LogP) is 8.39. The molecule has 0 atom stereocenters. The highest BCUT2D eigenvalue weighted by Crippen LogP contribution is 2.39. The smallest absolute Gasteiger partial charge is 0.314 e. The zero-order valence-corrected chi connectivity index (χ0v) is 21.4. The number of hydrogen-bond donors (Lipinski definition) is 0. The maximum Gasteiger partial charge on any atom is 0.314 e. The Hall–Kier alpha value is -3.28. The number of halogens is 3. The molecule has 0 aliphatic heterocycles. The highest BCUT2D eigenvalue weighted by Gasteiger charge is 2.31. The van der Waals surface area contributed by atoms with Gasteiger partial charge in [0.25, 0.3) is 0 Å². The van der Waals surface area contributed by atoms with E-state index in [0.29, 0.717) is 36.8 Å². The van der Waals surface area contributed by atoms with Crippen LogP contribution in [-0.2, 0) is 11.2 Å². The number of hydrogen-bond acceptors (Lipinski definition) is 3. The zero-order chi connectivity index (χ0) is 26.4. The number of methoxy groups -OCH3 is 1. The van der Waals surface area contributed by atoms with Gasteiger partial charge in [-0.05, 0) is 73.3 Å². The van der Waals surface area contributed by atoms with Crippen LogP contribution < -0.4 is 9.47 Å². The summed E-state index contributed by atoms with van der Waals surface area (Å²) in [6, 6.07) is 15.0. The Morgan fingerprint density at radius 3 is 2.27 bits per heavy atom. The van der Waals surface area contributed by atoms with Crippen LogP contribution in [0.15, 0.2) is 54.6 Å². The normalized spacial score (nSPS) is 17.4. The second-order valence-electron chi connectivity index (χ2n) is 9.75. The molecule has 3 nitrogen and oxygen atoms in total. The highest BCUT2D eigenvalue weighted by molar-refractivity contribution is 5.75. The van der Waals surface area contributed by atoms with Crippen LogP contribution in [0, 0.1) is 23.4 Å². The summed E-state index contributed by atoms with van der Waals surface area (Å²) >= 11 is 0. The average Bonchev–Trinajstić information content (AvgIpc) is 2.91. The van der Waals surface area contributed by atoms with Crippen LogP contribution in [0.5, 0.6) is 11.5 Å². The van der Waals surface area contributed by atoms with Crippen molar-refractivity contribution in [2.24, 2.45) is 5.92 Å². The molecule has 0 N–H and O–H groups in total. The Balaban J connectivity index is 1.37. The molecule has 3 aromatic carbocycles. The number of unbranched alkanes of at least 4 members (excludes halogenated alkanes) is 2. The van der Waals surface area contributed by atoms with Crippen molar-refractivity contribution in [3.63, 3.8) is 0 Å². The molecule has 1 aliphatic rings. The van der Waals surface area contributed by atoms with Gasteiger partial charge in [0.05, 0.1) is 13.0 Å². The van der Waals surface area contributed by atoms with Crippen LogP contribution in [0.3, 0.4) is 0 Å². The van der Waals surface area contributed by atoms with E-state index in [1.54, 1.807) is 12.1 Å². The van der Waals surface area contributed by atoms with Crippen molar-refractivity contribution in [1.82, 2.24) is 0 Å². The summed E-state index contributed by atoms with van der Waals surface area (Å²) in [6.07, 6.45) is 6.50. The summed E-state index contributed by atoms with van der Waals surface area (Å²) in [7, 11) is 1.36. The summed E-state index contributed by atoms with van der Waals surface area (Å²) in [5.74, 6) is -3.06. The van der Waals surface area contributed by atoms with Crippen LogP contribution in [-0.4, -0.2) is 13.1 Å². The van der Waals surface area contributed by atoms with Crippen LogP contribution in [0.1, 0.15) is 68.9 Å². The predicted molar refractivity (Wildman–Crippen MR) is 138 cm³/mol. The number of aryl methyl sites for hydroxylation is 1. The van der Waals surface area contributed by atoms with E-state index >= 15 is 8.78 Å². The fourth-order valence-electron chi connectivity index (χ4n) is 5.08. The van der Waals surface area contributed by atoms with Gasteiger partial charge in [-0.2, -0.15) is 0 Å². The number of esters is 1. The largest absolute Gasteiger partial charge is 0.494 e. The molecule has 0 aromatic heterocycles. The van der Waals surface area contributed by atoms with Gasteiger partial charge in [0.15, 0.2) is 23.2 Å². The summed E-state index contributed by atoms with van der Waals surface area (Å²) in [4.78, 5) is 12.6. The van der Waals surface area contributed by atoms with Gasteiger partial charge in [0, 0.05) is 11.6 Å². The lowest BCUT2D eigenvalue weighted by molar-refractivity contribution is -0.140. The minimum Gasteiger partial charge on any atom is -0.494 e. The molecule has 1 fully saturated rings. The van der Waals surface area contributed by atoms with E-state index in [2.05, 4.69) is 6.92 Å². The van der Waals surface area contributed by atoms with Gasteiger partial charge in [-0.1, -0.05) is 56.2 Å². The van der Waals surface area contributed by atoms with Gasteiger partial charge >= 0.3 is 5.97 Å². The van der Waals surface area contributed by atoms with Crippen molar-refractivity contribution >= 4 is 5.97 Å². The van der Waals surface area contributed by atoms with Gasteiger partial charge in [-0.15, -0.1) is 0 Å². The fourth-order valence-corrected chi connectivity index (χ4v) is 5.08. The Morgan fingerprint density at radius 1 is 0.892 bits per heavy atom. The molecule has 37 heavy (non-hydrogen) atoms. The van der Waals surface area contributed by atoms with Gasteiger partial charge in [-0.3, -0.25) is 4.79 Å². The molecule has 4 rings (SSSR count). The van der Waals surface area contributed by atoms with Crippen LogP contribution in [0.25, 0.3) is 11.1 Å². The first-order chi connectivity index (χ1) is 17.9. The molecule has 1 saturated carbocycles. The van der Waals surface area contributed by atoms with Crippen molar-refractivity contribution in [3.8, 4) is 22.6 Å². The highest BCUT2D eigenvalue weighted by atomic mass is 19.2. The summed E-state index contributed by atoms with van der Waals surface area (Å²) < 4.78 is 54.3. The molecule has 0 saturated heterocycles. The second kappa shape index (κ2) is 12.3. The van der Waals surface area contributed by atoms with Crippen molar-refractivity contribution in [2.75, 3.05) is 7.11 Å². The molecular formula is C31H33F3O3. The van der Waals surface area contributed by atoms with Gasteiger partial charge in [-0.25, -0.2) is 13.2 Å². The Labute approximate surface area is 216 Å².